The molecule has 8 nitrogen and oxygen atoms in total. The predicted octanol–water partition coefficient (Wildman–Crippen LogP) is -0.385. The van der Waals surface area contributed by atoms with Gasteiger partial charge in [0, 0.05) is 0 Å². The Balaban J connectivity index is 2.60. The lowest BCUT2D eigenvalue weighted by molar-refractivity contribution is 0.0694. The van der Waals surface area contributed by atoms with Gasteiger partial charge in [0.25, 0.3) is 0 Å². The fourth-order valence-electron chi connectivity index (χ4n) is 2.05. The Bertz CT molecular complexity index is 670. The third-order valence-electron chi connectivity index (χ3n) is 2.84. The number of sulfonamides is 1. The van der Waals surface area contributed by atoms with Crippen LogP contribution in [0.15, 0.2) is 12.1 Å². The van der Waals surface area contributed by atoms with Gasteiger partial charge in [-0.3, -0.25) is 4.72 Å². The molecular weight excluding hydrogens is 289 g/mol. The Hall–Kier alpha value is -1.78. The van der Waals surface area contributed by atoms with Crippen LogP contribution in [0.4, 0.5) is 5.69 Å². The zero-order valence-electron chi connectivity index (χ0n) is 10.5. The van der Waals surface area contributed by atoms with Crippen LogP contribution in [-0.2, 0) is 16.4 Å². The molecule has 0 saturated heterocycles. The Kier molecular flexibility index (Phi) is 3.40. The molecule has 0 aliphatic carbocycles. The van der Waals surface area contributed by atoms with Gasteiger partial charge >= 0.3 is 12.7 Å². The van der Waals surface area contributed by atoms with Gasteiger partial charge in [-0.05, 0) is 18.1 Å². The maximum absolute atomic E-state index is 11.3. The van der Waals surface area contributed by atoms with E-state index in [0.29, 0.717) is 5.56 Å². The van der Waals surface area contributed by atoms with Crippen LogP contribution in [0.5, 0.6) is 5.75 Å². The summed E-state index contributed by atoms with van der Waals surface area (Å²) in [4.78, 5) is 11.3. The van der Waals surface area contributed by atoms with E-state index in [2.05, 4.69) is 4.72 Å². The highest BCUT2D eigenvalue weighted by Crippen LogP contribution is 2.37. The van der Waals surface area contributed by atoms with Gasteiger partial charge in [-0.2, -0.15) is 0 Å². The summed E-state index contributed by atoms with van der Waals surface area (Å²) in [5, 5.41) is 28.2. The van der Waals surface area contributed by atoms with Crippen LogP contribution < -0.4 is 9.38 Å². The van der Waals surface area contributed by atoms with Crippen LogP contribution in [-0.4, -0.2) is 42.6 Å². The number of carboxylic acid groups (broad SMARTS) is 1. The molecule has 0 atom stereocenters. The van der Waals surface area contributed by atoms with Crippen LogP contribution >= 0.6 is 0 Å². The molecule has 0 spiro atoms. The average molecular weight is 302 g/mol. The number of carboxylic acids is 1. The molecule has 0 saturated carbocycles. The first-order valence-electron chi connectivity index (χ1n) is 5.75. The molecule has 0 amide bonds. The van der Waals surface area contributed by atoms with Crippen molar-refractivity contribution in [2.75, 3.05) is 11.0 Å². The minimum Gasteiger partial charge on any atom is -0.669 e. The van der Waals surface area contributed by atoms with Crippen LogP contribution in [0.1, 0.15) is 15.9 Å². The molecule has 0 aromatic heterocycles. The van der Waals surface area contributed by atoms with Crippen molar-refractivity contribution < 1.29 is 33.0 Å². The molecule has 1 aliphatic heterocycles. The smallest absolute Gasteiger partial charge is 0.430 e. The number of nitrogens with one attached hydrogen (secondary N) is 1. The van der Waals surface area contributed by atoms with Gasteiger partial charge in [-0.15, -0.1) is 0 Å². The molecule has 2 rings (SSSR count). The molecule has 20 heavy (non-hydrogen) atoms. The Labute approximate surface area is 115 Å². The standard InChI is InChI=1S/C10H13BNO7S/c1-20(17,18)12-7-3-2-6-4-5-11(15,16)19-9(6)8(7)10(13)14/h2-3,12,15-16H,4-5H2,1H3,(H,13,14)/q-1. The van der Waals surface area contributed by atoms with Gasteiger partial charge in [-0.25, -0.2) is 13.2 Å². The van der Waals surface area contributed by atoms with E-state index in [-0.39, 0.29) is 24.2 Å². The normalized spacial score (nSPS) is 16.9. The second-order valence-electron chi connectivity index (χ2n) is 4.67. The van der Waals surface area contributed by atoms with Crippen molar-refractivity contribution in [2.24, 2.45) is 0 Å². The quantitative estimate of drug-likeness (QED) is 0.559. The second-order valence-corrected chi connectivity index (χ2v) is 6.42. The second kappa shape index (κ2) is 4.65. The van der Waals surface area contributed by atoms with Crippen LogP contribution in [0.25, 0.3) is 0 Å². The monoisotopic (exact) mass is 302 g/mol. The number of aryl methyl sites for hydroxylation is 1. The summed E-state index contributed by atoms with van der Waals surface area (Å²) in [6.07, 6.45) is 1.05. The number of hydrogen-bond donors (Lipinski definition) is 4. The molecule has 10 heteroatoms. The van der Waals surface area contributed by atoms with E-state index in [4.69, 9.17) is 4.65 Å². The Morgan fingerprint density at radius 2 is 2.05 bits per heavy atom. The minimum absolute atomic E-state index is 0.0507. The van der Waals surface area contributed by atoms with E-state index < -0.39 is 28.3 Å². The van der Waals surface area contributed by atoms with Crippen molar-refractivity contribution in [3.63, 3.8) is 0 Å². The summed E-state index contributed by atoms with van der Waals surface area (Å²) in [5.41, 5.74) is -0.156. The maximum atomic E-state index is 11.3. The van der Waals surface area contributed by atoms with Gasteiger partial charge in [-0.1, -0.05) is 12.4 Å². The van der Waals surface area contributed by atoms with Gasteiger partial charge in [0.1, 0.15) is 5.56 Å². The topological polar surface area (TPSA) is 133 Å². The number of aromatic carboxylic acids is 1. The number of benzene rings is 1. The van der Waals surface area contributed by atoms with E-state index in [0.717, 1.165) is 6.26 Å². The zero-order chi connectivity index (χ0) is 15.1. The van der Waals surface area contributed by atoms with Gasteiger partial charge in [0.15, 0.2) is 0 Å². The summed E-state index contributed by atoms with van der Waals surface area (Å²) in [6, 6.07) is 2.79. The van der Waals surface area contributed by atoms with Crippen LogP contribution in [0, 0.1) is 0 Å². The summed E-state index contributed by atoms with van der Waals surface area (Å²) in [5.74, 6) is -1.65. The highest BCUT2D eigenvalue weighted by molar-refractivity contribution is 7.92. The van der Waals surface area contributed by atoms with Gasteiger partial charge in [0.05, 0.1) is 17.7 Å². The lowest BCUT2D eigenvalue weighted by Crippen LogP contribution is -2.45. The molecule has 110 valence electrons. The van der Waals surface area contributed by atoms with Crippen molar-refractivity contribution >= 4 is 28.4 Å². The Morgan fingerprint density at radius 1 is 1.40 bits per heavy atom. The number of anilines is 1. The molecule has 0 radical (unpaired) electrons. The number of hydrogen-bond acceptors (Lipinski definition) is 6. The van der Waals surface area contributed by atoms with E-state index >= 15 is 0 Å². The fraction of sp³-hybridized carbons (Fsp3) is 0.300. The predicted molar refractivity (Wildman–Crippen MR) is 71.2 cm³/mol. The van der Waals surface area contributed by atoms with E-state index in [9.17, 15) is 28.4 Å². The average Bonchev–Trinajstić information content (AvgIpc) is 2.24. The van der Waals surface area contributed by atoms with Gasteiger partial charge in [0.2, 0.25) is 10.0 Å². The van der Waals surface area contributed by atoms with Gasteiger partial charge < -0.3 is 19.8 Å². The Morgan fingerprint density at radius 3 is 2.60 bits per heavy atom. The lowest BCUT2D eigenvalue weighted by atomic mass is 9.70. The fourth-order valence-corrected chi connectivity index (χ4v) is 2.62. The summed E-state index contributed by atoms with van der Waals surface area (Å²) < 4.78 is 29.5. The highest BCUT2D eigenvalue weighted by atomic mass is 32.2. The number of carbonyl (C=O) groups is 1. The zero-order valence-corrected chi connectivity index (χ0v) is 11.3. The van der Waals surface area contributed by atoms with Crippen LogP contribution in [0.2, 0.25) is 6.32 Å². The third-order valence-corrected chi connectivity index (χ3v) is 3.44. The SMILES string of the molecule is CS(=O)(=O)Nc1ccc2c(c1C(=O)O)O[B-](O)(O)CC2. The minimum atomic E-state index is -3.68. The molecular formula is C10H13BNO7S-. The molecule has 0 unspecified atom stereocenters. The molecule has 1 heterocycles. The van der Waals surface area contributed by atoms with Crippen molar-refractivity contribution in [1.82, 2.24) is 0 Å². The van der Waals surface area contributed by atoms with E-state index in [1.54, 1.807) is 0 Å². The largest absolute Gasteiger partial charge is 0.669 e. The lowest BCUT2D eigenvalue weighted by Gasteiger charge is -2.37. The number of rotatable bonds is 3. The highest BCUT2D eigenvalue weighted by Gasteiger charge is 2.32. The summed E-state index contributed by atoms with van der Waals surface area (Å²) >= 11 is 0. The van der Waals surface area contributed by atoms with Crippen LogP contribution in [0.3, 0.4) is 0 Å². The molecule has 0 bridgehead atoms. The molecule has 1 aliphatic rings. The first kappa shape index (κ1) is 14.6. The van der Waals surface area contributed by atoms with Crippen molar-refractivity contribution in [2.45, 2.75) is 12.7 Å². The molecule has 0 fully saturated rings. The molecule has 4 N–H and O–H groups in total. The third kappa shape index (κ3) is 3.03. The van der Waals surface area contributed by atoms with E-state index in [1.807, 2.05) is 0 Å². The first-order valence-corrected chi connectivity index (χ1v) is 7.64. The summed E-state index contributed by atoms with van der Waals surface area (Å²) in [6.45, 7) is -3.13. The van der Waals surface area contributed by atoms with Crippen molar-refractivity contribution in [3.8, 4) is 5.75 Å². The van der Waals surface area contributed by atoms with Crippen molar-refractivity contribution in [3.05, 3.63) is 23.3 Å². The van der Waals surface area contributed by atoms with E-state index in [1.165, 1.54) is 12.1 Å². The molecule has 1 aromatic rings. The van der Waals surface area contributed by atoms with Crippen molar-refractivity contribution in [1.29, 1.82) is 0 Å². The number of fused-ring (bicyclic) bond motifs is 1. The summed E-state index contributed by atoms with van der Waals surface area (Å²) in [7, 11) is -3.68. The maximum Gasteiger partial charge on any atom is 0.430 e. The molecule has 1 aromatic carbocycles. The first-order chi connectivity index (χ1) is 9.09.